The lowest BCUT2D eigenvalue weighted by molar-refractivity contribution is -0.118. The molecule has 166 valence electrons. The minimum Gasteiger partial charge on any atom is -0.309 e. The average molecular weight is 464 g/mol. The van der Waals surface area contributed by atoms with Crippen LogP contribution in [0.2, 0.25) is 0 Å². The summed E-state index contributed by atoms with van der Waals surface area (Å²) in [6.45, 7) is 3.06. The number of rotatable bonds is 9. The van der Waals surface area contributed by atoms with E-state index in [2.05, 4.69) is 4.98 Å². The van der Waals surface area contributed by atoms with Crippen LogP contribution >= 0.6 is 11.3 Å². The van der Waals surface area contributed by atoms with Crippen molar-refractivity contribution in [1.29, 1.82) is 0 Å². The van der Waals surface area contributed by atoms with Crippen LogP contribution in [-0.4, -0.2) is 57.1 Å². The van der Waals surface area contributed by atoms with Crippen LogP contribution in [0.25, 0.3) is 10.2 Å². The fourth-order valence-electron chi connectivity index (χ4n) is 3.09. The van der Waals surface area contributed by atoms with Crippen LogP contribution in [0.1, 0.15) is 18.4 Å². The van der Waals surface area contributed by atoms with Crippen molar-refractivity contribution >= 4 is 42.4 Å². The number of thiazole rings is 1. The van der Waals surface area contributed by atoms with Gasteiger partial charge in [-0.05, 0) is 64.3 Å². The lowest BCUT2D eigenvalue weighted by Crippen LogP contribution is -2.34. The molecule has 2 aromatic carbocycles. The summed E-state index contributed by atoms with van der Waals surface area (Å²) in [5.41, 5.74) is 1.58. The van der Waals surface area contributed by atoms with Crippen molar-refractivity contribution in [2.45, 2.75) is 24.7 Å². The van der Waals surface area contributed by atoms with E-state index in [0.717, 1.165) is 12.1 Å². The van der Waals surface area contributed by atoms with Gasteiger partial charge in [-0.15, -0.1) is 0 Å². The second-order valence-corrected chi connectivity index (χ2v) is 10.8. The molecule has 0 aliphatic carbocycles. The highest BCUT2D eigenvalue weighted by atomic mass is 32.2. The van der Waals surface area contributed by atoms with Gasteiger partial charge in [0.25, 0.3) is 0 Å². The third kappa shape index (κ3) is 6.09. The van der Waals surface area contributed by atoms with Crippen LogP contribution < -0.4 is 4.90 Å². The number of sulfone groups is 1. The second-order valence-electron chi connectivity index (χ2n) is 7.69. The van der Waals surface area contributed by atoms with Crippen LogP contribution in [0.4, 0.5) is 9.52 Å². The summed E-state index contributed by atoms with van der Waals surface area (Å²) in [6, 6.07) is 10.9. The molecule has 0 saturated heterocycles. The van der Waals surface area contributed by atoms with Crippen molar-refractivity contribution in [2.24, 2.45) is 0 Å². The fourth-order valence-corrected chi connectivity index (χ4v) is 5.36. The molecule has 0 atom stereocenters. The van der Waals surface area contributed by atoms with Gasteiger partial charge in [0.15, 0.2) is 15.0 Å². The molecule has 0 saturated carbocycles. The Kier molecular flexibility index (Phi) is 7.40. The van der Waals surface area contributed by atoms with Crippen molar-refractivity contribution < 1.29 is 17.6 Å². The predicted octanol–water partition coefficient (Wildman–Crippen LogP) is 3.89. The van der Waals surface area contributed by atoms with Crippen LogP contribution in [0, 0.1) is 12.7 Å². The monoisotopic (exact) mass is 463 g/mol. The zero-order chi connectivity index (χ0) is 22.6. The number of aromatic nitrogens is 1. The molecule has 6 nitrogen and oxygen atoms in total. The smallest absolute Gasteiger partial charge is 0.229 e. The summed E-state index contributed by atoms with van der Waals surface area (Å²) in [7, 11) is 0.316. The van der Waals surface area contributed by atoms with Gasteiger partial charge >= 0.3 is 0 Å². The first-order valence-electron chi connectivity index (χ1n) is 9.96. The molecule has 0 radical (unpaired) electrons. The van der Waals surface area contributed by atoms with Gasteiger partial charge in [0, 0.05) is 13.0 Å². The van der Waals surface area contributed by atoms with Gasteiger partial charge in [0.05, 0.1) is 20.9 Å². The topological polar surface area (TPSA) is 70.6 Å². The van der Waals surface area contributed by atoms with Gasteiger partial charge in [-0.25, -0.2) is 17.8 Å². The molecule has 0 fully saturated rings. The van der Waals surface area contributed by atoms with Gasteiger partial charge in [-0.2, -0.15) is 0 Å². The summed E-state index contributed by atoms with van der Waals surface area (Å²) in [4.78, 5) is 21.3. The van der Waals surface area contributed by atoms with E-state index < -0.39 is 9.84 Å². The Labute approximate surface area is 186 Å². The van der Waals surface area contributed by atoms with Crippen molar-refractivity contribution in [2.75, 3.05) is 37.8 Å². The van der Waals surface area contributed by atoms with E-state index in [-0.39, 0.29) is 28.8 Å². The van der Waals surface area contributed by atoms with Gasteiger partial charge in [-0.1, -0.05) is 29.0 Å². The molecule has 1 heterocycles. The maximum atomic E-state index is 13.6. The number of amides is 1. The average Bonchev–Trinajstić information content (AvgIpc) is 3.12. The molecule has 0 spiro atoms. The number of hydrogen-bond donors (Lipinski definition) is 0. The summed E-state index contributed by atoms with van der Waals surface area (Å²) in [5.74, 6) is -0.954. The molecular weight excluding hydrogens is 437 g/mol. The third-order valence-corrected chi connectivity index (χ3v) is 7.60. The Bertz CT molecular complexity index is 1160. The van der Waals surface area contributed by atoms with Crippen molar-refractivity contribution in [3.05, 3.63) is 53.8 Å². The Morgan fingerprint density at radius 2 is 1.81 bits per heavy atom. The van der Waals surface area contributed by atoms with E-state index >= 15 is 0 Å². The summed E-state index contributed by atoms with van der Waals surface area (Å²) < 4.78 is 39.5. The van der Waals surface area contributed by atoms with Crippen molar-refractivity contribution in [3.63, 3.8) is 0 Å². The van der Waals surface area contributed by atoms with Gasteiger partial charge < -0.3 is 4.90 Å². The van der Waals surface area contributed by atoms with E-state index in [1.54, 1.807) is 30.3 Å². The summed E-state index contributed by atoms with van der Waals surface area (Å²) in [5, 5.41) is 0.456. The molecule has 0 unspecified atom stereocenters. The van der Waals surface area contributed by atoms with Crippen LogP contribution in [-0.2, 0) is 14.6 Å². The highest BCUT2D eigenvalue weighted by Gasteiger charge is 2.23. The number of carbonyl (C=O) groups excluding carboxylic acids is 1. The number of hydrogen-bond acceptors (Lipinski definition) is 6. The van der Waals surface area contributed by atoms with E-state index in [9.17, 15) is 17.6 Å². The molecule has 0 aliphatic rings. The minimum atomic E-state index is -3.57. The summed E-state index contributed by atoms with van der Waals surface area (Å²) >= 11 is 1.23. The van der Waals surface area contributed by atoms with Crippen LogP contribution in [0.3, 0.4) is 0 Å². The van der Waals surface area contributed by atoms with E-state index in [1.165, 1.54) is 28.4 Å². The summed E-state index contributed by atoms with van der Waals surface area (Å²) in [6.07, 6.45) is 0.552. The number of anilines is 1. The molecule has 0 aliphatic heterocycles. The second kappa shape index (κ2) is 9.84. The number of halogens is 1. The molecule has 3 rings (SSSR count). The predicted molar refractivity (Wildman–Crippen MR) is 123 cm³/mol. The van der Waals surface area contributed by atoms with E-state index in [4.69, 9.17) is 0 Å². The largest absolute Gasteiger partial charge is 0.309 e. The number of benzene rings is 2. The lowest BCUT2D eigenvalue weighted by atomic mass is 10.2. The van der Waals surface area contributed by atoms with Gasteiger partial charge in [-0.3, -0.25) is 9.69 Å². The molecule has 1 aromatic heterocycles. The highest BCUT2D eigenvalue weighted by Crippen LogP contribution is 2.30. The Morgan fingerprint density at radius 1 is 1.10 bits per heavy atom. The Morgan fingerprint density at radius 3 is 2.48 bits per heavy atom. The van der Waals surface area contributed by atoms with Gasteiger partial charge in [0.1, 0.15) is 5.82 Å². The van der Waals surface area contributed by atoms with Crippen molar-refractivity contribution in [1.82, 2.24) is 9.88 Å². The lowest BCUT2D eigenvalue weighted by Gasteiger charge is -2.21. The zero-order valence-corrected chi connectivity index (χ0v) is 19.5. The molecular formula is C22H26FN3O3S2. The maximum Gasteiger partial charge on any atom is 0.229 e. The van der Waals surface area contributed by atoms with Crippen molar-refractivity contribution in [3.8, 4) is 0 Å². The molecule has 1 amide bonds. The first kappa shape index (κ1) is 23.3. The number of carbonyl (C=O) groups is 1. The normalized spacial score (nSPS) is 11.9. The molecule has 3 aromatic rings. The zero-order valence-electron chi connectivity index (χ0n) is 17.8. The van der Waals surface area contributed by atoms with Crippen LogP contribution in [0.15, 0.2) is 47.4 Å². The molecule has 0 N–H and O–H groups in total. The quantitative estimate of drug-likeness (QED) is 0.481. The third-order valence-electron chi connectivity index (χ3n) is 4.82. The molecule has 0 bridgehead atoms. The van der Waals surface area contributed by atoms with Crippen LogP contribution in [0.5, 0.6) is 0 Å². The Hall–Kier alpha value is -2.36. The molecule has 31 heavy (non-hydrogen) atoms. The van der Waals surface area contributed by atoms with Gasteiger partial charge in [0.2, 0.25) is 5.91 Å². The van der Waals surface area contributed by atoms with E-state index in [0.29, 0.717) is 28.3 Å². The SMILES string of the molecule is Cc1ccc(S(=O)(=O)CCC(=O)N(CCCN(C)C)c2nc3ccc(F)cc3s2)cc1. The van der Waals surface area contributed by atoms with E-state index in [1.807, 2.05) is 25.9 Å². The Balaban J connectivity index is 1.78. The number of fused-ring (bicyclic) bond motifs is 1. The first-order valence-corrected chi connectivity index (χ1v) is 12.4. The number of nitrogens with zero attached hydrogens (tertiary/aromatic N) is 3. The number of aryl methyl sites for hydroxylation is 1. The standard InChI is InChI=1S/C22H26FN3O3S2/c1-16-5-8-18(9-6-16)31(28,29)14-11-21(27)26(13-4-12-25(2)3)22-24-19-10-7-17(23)15-20(19)30-22/h5-10,15H,4,11-14H2,1-3H3. The maximum absolute atomic E-state index is 13.6. The molecule has 9 heteroatoms. The first-order chi connectivity index (χ1) is 14.7. The highest BCUT2D eigenvalue weighted by molar-refractivity contribution is 7.91. The minimum absolute atomic E-state index is 0.150. The fraction of sp³-hybridized carbons (Fsp3) is 0.364.